The lowest BCUT2D eigenvalue weighted by Crippen LogP contribution is -2.31. The first-order valence-electron chi connectivity index (χ1n) is 10.8. The van der Waals surface area contributed by atoms with Crippen molar-refractivity contribution >= 4 is 31.5 Å². The molecule has 0 saturated heterocycles. The number of rotatable bonds is 12. The summed E-state index contributed by atoms with van der Waals surface area (Å²) in [7, 11) is 1.02. The van der Waals surface area contributed by atoms with Gasteiger partial charge in [-0.25, -0.2) is 4.79 Å². The second-order valence-corrected chi connectivity index (χ2v) is 8.36. The van der Waals surface area contributed by atoms with Gasteiger partial charge in [0.2, 0.25) is 0 Å². The standard InChI is InChI=1S/C23H29N4O6P/c1-4-18(32-16(2)26-13-12-21(24)25-23(26)29)15-31-34-27(14-22(28)30-3)33-20-11-7-9-17-8-5-6-10-19(17)20/h5-13,16,18,34H,4,14-15H2,1-3H3,(H2,24,25,29)/t16-,18+/m1/s1. The average molecular weight is 488 g/mol. The number of methoxy groups -OCH3 is 1. The number of hydroxylamine groups is 1. The number of aromatic nitrogens is 2. The molecule has 0 fully saturated rings. The highest BCUT2D eigenvalue weighted by Crippen LogP contribution is 2.30. The fourth-order valence-electron chi connectivity index (χ4n) is 3.16. The van der Waals surface area contributed by atoms with Crippen LogP contribution in [-0.4, -0.2) is 46.7 Å². The van der Waals surface area contributed by atoms with E-state index in [1.807, 2.05) is 49.4 Å². The third-order valence-electron chi connectivity index (χ3n) is 4.98. The fourth-order valence-corrected chi connectivity index (χ4v) is 3.89. The normalized spacial score (nSPS) is 13.4. The monoisotopic (exact) mass is 488 g/mol. The van der Waals surface area contributed by atoms with Crippen LogP contribution < -0.4 is 16.3 Å². The molecule has 34 heavy (non-hydrogen) atoms. The lowest BCUT2D eigenvalue weighted by atomic mass is 10.1. The molecule has 3 aromatic rings. The van der Waals surface area contributed by atoms with Gasteiger partial charge in [0.05, 0.1) is 19.8 Å². The Kier molecular flexibility index (Phi) is 9.35. The van der Waals surface area contributed by atoms with Gasteiger partial charge in [-0.2, -0.15) is 4.98 Å². The molecule has 182 valence electrons. The molecule has 3 atom stereocenters. The number of hydrogen-bond acceptors (Lipinski definition) is 9. The second kappa shape index (κ2) is 12.4. The van der Waals surface area contributed by atoms with Gasteiger partial charge >= 0.3 is 11.7 Å². The summed E-state index contributed by atoms with van der Waals surface area (Å²) in [5, 5.41) is 1.93. The molecule has 2 aromatic carbocycles. The van der Waals surface area contributed by atoms with E-state index in [4.69, 9.17) is 24.6 Å². The van der Waals surface area contributed by atoms with Crippen LogP contribution in [0, 0.1) is 0 Å². The summed E-state index contributed by atoms with van der Waals surface area (Å²) < 4.78 is 18.0. The number of nitrogens with two attached hydrogens (primary N) is 1. The van der Waals surface area contributed by atoms with Crippen molar-refractivity contribution in [2.24, 2.45) is 0 Å². The van der Waals surface area contributed by atoms with Crippen LogP contribution in [0.15, 0.2) is 59.5 Å². The molecule has 0 saturated carbocycles. The lowest BCUT2D eigenvalue weighted by Gasteiger charge is -2.25. The van der Waals surface area contributed by atoms with Crippen LogP contribution in [0.25, 0.3) is 10.8 Å². The second-order valence-electron chi connectivity index (χ2n) is 7.39. The molecule has 10 nitrogen and oxygen atoms in total. The summed E-state index contributed by atoms with van der Waals surface area (Å²) in [6.07, 6.45) is 1.33. The average Bonchev–Trinajstić information content (AvgIpc) is 2.83. The number of anilines is 1. The predicted molar refractivity (Wildman–Crippen MR) is 130 cm³/mol. The van der Waals surface area contributed by atoms with Crippen molar-refractivity contribution in [2.75, 3.05) is 26.0 Å². The number of carbonyl (C=O) groups is 1. The van der Waals surface area contributed by atoms with Gasteiger partial charge in [0.1, 0.15) is 27.5 Å². The smallest absolute Gasteiger partial charge is 0.351 e. The number of fused-ring (bicyclic) bond motifs is 1. The summed E-state index contributed by atoms with van der Waals surface area (Å²) in [6, 6.07) is 15.0. The number of nitrogens with zero attached hydrogens (tertiary/aromatic N) is 3. The topological polar surface area (TPSA) is 118 Å². The Bertz CT molecular complexity index is 1150. The van der Waals surface area contributed by atoms with Crippen molar-refractivity contribution in [1.82, 2.24) is 14.4 Å². The van der Waals surface area contributed by atoms with E-state index in [1.54, 1.807) is 13.1 Å². The van der Waals surface area contributed by atoms with Crippen LogP contribution in [0.2, 0.25) is 0 Å². The molecule has 0 amide bonds. The highest BCUT2D eigenvalue weighted by atomic mass is 31.1. The molecule has 1 aromatic heterocycles. The van der Waals surface area contributed by atoms with Crippen LogP contribution in [0.5, 0.6) is 5.75 Å². The Morgan fingerprint density at radius 1 is 1.21 bits per heavy atom. The maximum atomic E-state index is 12.0. The first-order valence-corrected chi connectivity index (χ1v) is 11.6. The Labute approximate surface area is 199 Å². The highest BCUT2D eigenvalue weighted by molar-refractivity contribution is 7.29. The van der Waals surface area contributed by atoms with E-state index in [9.17, 15) is 9.59 Å². The molecule has 0 spiro atoms. The first kappa shape index (κ1) is 25.6. The minimum Gasteiger partial charge on any atom is -0.468 e. The minimum atomic E-state index is -0.560. The highest BCUT2D eigenvalue weighted by Gasteiger charge is 2.19. The number of ether oxygens (including phenoxy) is 2. The number of nitrogen functional groups attached to an aromatic ring is 1. The van der Waals surface area contributed by atoms with Gasteiger partial charge in [0, 0.05) is 11.6 Å². The molecular formula is C23H29N4O6P. The summed E-state index contributed by atoms with van der Waals surface area (Å²) in [4.78, 5) is 35.1. The molecule has 1 unspecified atom stereocenters. The van der Waals surface area contributed by atoms with Gasteiger partial charge in [-0.05, 0) is 30.9 Å². The zero-order chi connectivity index (χ0) is 24.5. The van der Waals surface area contributed by atoms with Gasteiger partial charge < -0.3 is 24.6 Å². The van der Waals surface area contributed by atoms with E-state index in [0.717, 1.165) is 10.8 Å². The molecule has 1 heterocycles. The molecule has 0 radical (unpaired) electrons. The van der Waals surface area contributed by atoms with Crippen LogP contribution in [-0.2, 0) is 18.8 Å². The molecule has 0 aliphatic rings. The van der Waals surface area contributed by atoms with E-state index < -0.39 is 17.9 Å². The molecule has 0 aliphatic heterocycles. The molecule has 0 bridgehead atoms. The van der Waals surface area contributed by atoms with Gasteiger partial charge in [0.15, 0.2) is 5.75 Å². The van der Waals surface area contributed by atoms with Crippen LogP contribution in [0.3, 0.4) is 0 Å². The Morgan fingerprint density at radius 2 is 1.97 bits per heavy atom. The molecule has 0 aliphatic carbocycles. The van der Waals surface area contributed by atoms with Crippen molar-refractivity contribution in [3.05, 3.63) is 65.2 Å². The van der Waals surface area contributed by atoms with Gasteiger partial charge in [-0.3, -0.25) is 9.36 Å². The molecule has 11 heteroatoms. The number of carbonyl (C=O) groups excluding carboxylic acids is 1. The largest absolute Gasteiger partial charge is 0.468 e. The molecule has 3 rings (SSSR count). The van der Waals surface area contributed by atoms with Crippen molar-refractivity contribution in [2.45, 2.75) is 32.6 Å². The SMILES string of the molecule is CC[C@@H](COPN(CC(=O)OC)Oc1cccc2ccccc12)O[C@H](C)n1ccc(N)nc1=O. The number of esters is 1. The van der Waals surface area contributed by atoms with Gasteiger partial charge in [-0.15, -0.1) is 0 Å². The maximum Gasteiger partial charge on any atom is 0.351 e. The van der Waals surface area contributed by atoms with E-state index >= 15 is 0 Å². The molecule has 2 N–H and O–H groups in total. The zero-order valence-electron chi connectivity index (χ0n) is 19.3. The van der Waals surface area contributed by atoms with Crippen molar-refractivity contribution in [3.8, 4) is 5.75 Å². The number of hydrogen-bond donors (Lipinski definition) is 1. The Balaban J connectivity index is 1.62. The summed E-state index contributed by atoms with van der Waals surface area (Å²) >= 11 is 0. The van der Waals surface area contributed by atoms with Crippen LogP contribution in [0.1, 0.15) is 26.5 Å². The fraction of sp³-hybridized carbons (Fsp3) is 0.348. The quantitative estimate of drug-likeness (QED) is 0.233. The first-order chi connectivity index (χ1) is 16.4. The van der Waals surface area contributed by atoms with Crippen molar-refractivity contribution < 1.29 is 23.6 Å². The van der Waals surface area contributed by atoms with Crippen molar-refractivity contribution in [1.29, 1.82) is 0 Å². The van der Waals surface area contributed by atoms with E-state index in [1.165, 1.54) is 22.6 Å². The van der Waals surface area contributed by atoms with Gasteiger partial charge in [-0.1, -0.05) is 48.2 Å². The van der Waals surface area contributed by atoms with E-state index in [2.05, 4.69) is 4.98 Å². The maximum absolute atomic E-state index is 12.0. The van der Waals surface area contributed by atoms with Crippen molar-refractivity contribution in [3.63, 3.8) is 0 Å². The summed E-state index contributed by atoms with van der Waals surface area (Å²) in [5.74, 6) is 0.302. The Hall–Kier alpha value is -3.04. The van der Waals surface area contributed by atoms with Crippen LogP contribution >= 0.6 is 8.96 Å². The predicted octanol–water partition coefficient (Wildman–Crippen LogP) is 3.29. The Morgan fingerprint density at radius 3 is 2.71 bits per heavy atom. The third kappa shape index (κ3) is 6.98. The van der Waals surface area contributed by atoms with E-state index in [-0.39, 0.29) is 34.0 Å². The zero-order valence-corrected chi connectivity index (χ0v) is 20.3. The minimum absolute atomic E-state index is 0.112. The third-order valence-corrected chi connectivity index (χ3v) is 5.73. The van der Waals surface area contributed by atoms with Gasteiger partial charge in [0.25, 0.3) is 0 Å². The number of benzene rings is 2. The summed E-state index contributed by atoms with van der Waals surface area (Å²) in [6.45, 7) is 3.82. The molecular weight excluding hydrogens is 459 g/mol. The lowest BCUT2D eigenvalue weighted by molar-refractivity contribution is -0.145. The van der Waals surface area contributed by atoms with Crippen LogP contribution in [0.4, 0.5) is 5.82 Å². The summed E-state index contributed by atoms with van der Waals surface area (Å²) in [5.41, 5.74) is 5.06. The van der Waals surface area contributed by atoms with E-state index in [0.29, 0.717) is 12.2 Å².